The summed E-state index contributed by atoms with van der Waals surface area (Å²) in [6.45, 7) is 9.51. The molecule has 0 aliphatic carbocycles. The number of halogens is 1. The van der Waals surface area contributed by atoms with Crippen LogP contribution in [0, 0.1) is 5.82 Å². The van der Waals surface area contributed by atoms with Gasteiger partial charge in [-0.05, 0) is 56.8 Å². The first-order valence-electron chi connectivity index (χ1n) is 11.9. The molecule has 1 saturated heterocycles. The maximum Gasteiger partial charge on any atom is 0.184 e. The SMILES string of the molecule is C/N=C(\C=C(C)C)Nc1nc(C(OCCN2CCN(C)CC2)c2ccc(F)cc2)nn2cccc12. The summed E-state index contributed by atoms with van der Waals surface area (Å²) in [5.74, 6) is 1.54. The molecule has 1 fully saturated rings. The van der Waals surface area contributed by atoms with Gasteiger partial charge in [-0.25, -0.2) is 13.9 Å². The molecule has 1 aliphatic heterocycles. The zero-order valence-corrected chi connectivity index (χ0v) is 20.9. The third kappa shape index (κ3) is 6.50. The van der Waals surface area contributed by atoms with Crippen molar-refractivity contribution in [3.05, 3.63) is 71.4 Å². The van der Waals surface area contributed by atoms with E-state index in [0.29, 0.717) is 24.1 Å². The lowest BCUT2D eigenvalue weighted by atomic mass is 10.1. The number of nitrogens with one attached hydrogen (secondary N) is 1. The lowest BCUT2D eigenvalue weighted by Crippen LogP contribution is -2.45. The van der Waals surface area contributed by atoms with Crippen LogP contribution in [0.3, 0.4) is 0 Å². The quantitative estimate of drug-likeness (QED) is 0.393. The minimum atomic E-state index is -0.541. The van der Waals surface area contributed by atoms with E-state index in [1.807, 2.05) is 38.3 Å². The molecule has 0 spiro atoms. The number of nitrogens with zero attached hydrogens (tertiary/aromatic N) is 6. The first-order valence-corrected chi connectivity index (χ1v) is 11.9. The van der Waals surface area contributed by atoms with E-state index in [1.54, 1.807) is 23.7 Å². The van der Waals surface area contributed by atoms with Gasteiger partial charge in [0.25, 0.3) is 0 Å². The maximum atomic E-state index is 13.7. The molecule has 0 radical (unpaired) electrons. The predicted octanol–water partition coefficient (Wildman–Crippen LogP) is 3.63. The molecular formula is C26H34FN7O. The fourth-order valence-corrected chi connectivity index (χ4v) is 4.03. The van der Waals surface area contributed by atoms with E-state index < -0.39 is 6.10 Å². The van der Waals surface area contributed by atoms with Gasteiger partial charge in [-0.15, -0.1) is 5.10 Å². The first-order chi connectivity index (χ1) is 16.9. The smallest absolute Gasteiger partial charge is 0.184 e. The Labute approximate surface area is 206 Å². The van der Waals surface area contributed by atoms with Crippen LogP contribution in [0.5, 0.6) is 0 Å². The molecule has 3 aromatic rings. The standard InChI is InChI=1S/C26H34FN7O/c1-19(2)18-23(28-3)29-25-22-6-5-11-34(22)31-26(30-25)24(20-7-9-21(27)10-8-20)35-17-16-33-14-12-32(4)13-15-33/h5-11,18,24H,12-17H2,1-4H3,(H,28,29,30,31). The fraction of sp³-hybridized carbons (Fsp3) is 0.423. The average Bonchev–Trinajstić information content (AvgIpc) is 3.32. The molecule has 35 heavy (non-hydrogen) atoms. The number of benzene rings is 1. The van der Waals surface area contributed by atoms with Crippen LogP contribution >= 0.6 is 0 Å². The number of hydrogen-bond acceptors (Lipinski definition) is 6. The van der Waals surface area contributed by atoms with Crippen molar-refractivity contribution >= 4 is 17.2 Å². The highest BCUT2D eigenvalue weighted by atomic mass is 19.1. The Bertz CT molecular complexity index is 1180. The van der Waals surface area contributed by atoms with Crippen LogP contribution in [-0.4, -0.2) is 83.7 Å². The van der Waals surface area contributed by atoms with Crippen LogP contribution in [0.2, 0.25) is 0 Å². The van der Waals surface area contributed by atoms with Gasteiger partial charge in [0.1, 0.15) is 23.3 Å². The largest absolute Gasteiger partial charge is 0.364 e. The van der Waals surface area contributed by atoms with Crippen molar-refractivity contribution in [1.82, 2.24) is 24.4 Å². The number of aliphatic imine (C=N–C) groups is 1. The number of rotatable bonds is 8. The highest BCUT2D eigenvalue weighted by Gasteiger charge is 2.22. The third-order valence-electron chi connectivity index (χ3n) is 6.02. The fourth-order valence-electron chi connectivity index (χ4n) is 4.03. The van der Waals surface area contributed by atoms with Gasteiger partial charge in [0.05, 0.1) is 6.61 Å². The Balaban J connectivity index is 1.63. The summed E-state index contributed by atoms with van der Waals surface area (Å²) in [7, 11) is 3.88. The van der Waals surface area contributed by atoms with E-state index in [4.69, 9.17) is 14.8 Å². The minimum Gasteiger partial charge on any atom is -0.364 e. The van der Waals surface area contributed by atoms with Crippen LogP contribution in [-0.2, 0) is 4.74 Å². The van der Waals surface area contributed by atoms with Crippen molar-refractivity contribution in [3.8, 4) is 0 Å². The van der Waals surface area contributed by atoms with Gasteiger partial charge >= 0.3 is 0 Å². The van der Waals surface area contributed by atoms with Crippen molar-refractivity contribution < 1.29 is 9.13 Å². The Morgan fingerprint density at radius 2 is 1.91 bits per heavy atom. The van der Waals surface area contributed by atoms with E-state index >= 15 is 0 Å². The van der Waals surface area contributed by atoms with Crippen molar-refractivity contribution in [2.24, 2.45) is 4.99 Å². The summed E-state index contributed by atoms with van der Waals surface area (Å²) in [4.78, 5) is 13.9. The predicted molar refractivity (Wildman–Crippen MR) is 138 cm³/mol. The normalized spacial score (nSPS) is 16.4. The van der Waals surface area contributed by atoms with E-state index in [1.165, 1.54) is 12.1 Å². The van der Waals surface area contributed by atoms with Crippen molar-refractivity contribution in [2.75, 3.05) is 58.7 Å². The molecule has 4 rings (SSSR count). The van der Waals surface area contributed by atoms with Crippen LogP contribution < -0.4 is 5.32 Å². The van der Waals surface area contributed by atoms with Gasteiger partial charge in [-0.3, -0.25) is 9.89 Å². The van der Waals surface area contributed by atoms with Crippen LogP contribution in [0.4, 0.5) is 10.2 Å². The molecule has 9 heteroatoms. The van der Waals surface area contributed by atoms with Crippen molar-refractivity contribution in [1.29, 1.82) is 0 Å². The Morgan fingerprint density at radius 1 is 1.17 bits per heavy atom. The zero-order valence-electron chi connectivity index (χ0n) is 20.9. The summed E-state index contributed by atoms with van der Waals surface area (Å²) in [6, 6.07) is 10.2. The van der Waals surface area contributed by atoms with Crippen LogP contribution in [0.1, 0.15) is 31.3 Å². The summed E-state index contributed by atoms with van der Waals surface area (Å²) >= 11 is 0. The third-order valence-corrected chi connectivity index (χ3v) is 6.02. The molecule has 1 N–H and O–H groups in total. The number of aromatic nitrogens is 3. The molecule has 0 bridgehead atoms. The Kier molecular flexibility index (Phi) is 8.22. The van der Waals surface area contributed by atoms with E-state index in [2.05, 4.69) is 27.2 Å². The average molecular weight is 480 g/mol. The van der Waals surface area contributed by atoms with Crippen molar-refractivity contribution in [2.45, 2.75) is 20.0 Å². The topological polar surface area (TPSA) is 70.3 Å². The van der Waals surface area contributed by atoms with Crippen molar-refractivity contribution in [3.63, 3.8) is 0 Å². The minimum absolute atomic E-state index is 0.292. The molecule has 0 amide bonds. The summed E-state index contributed by atoms with van der Waals surface area (Å²) in [5, 5.41) is 8.07. The highest BCUT2D eigenvalue weighted by Crippen LogP contribution is 2.26. The summed E-state index contributed by atoms with van der Waals surface area (Å²) < 4.78 is 21.8. The second-order valence-electron chi connectivity index (χ2n) is 9.06. The number of hydrogen-bond donors (Lipinski definition) is 1. The molecule has 8 nitrogen and oxygen atoms in total. The van der Waals surface area contributed by atoms with Gasteiger partial charge in [0.2, 0.25) is 0 Å². The number of fused-ring (bicyclic) bond motifs is 1. The number of allylic oxidation sites excluding steroid dienone is 1. The number of likely N-dealkylation sites (N-methyl/N-ethyl adjacent to an activating group) is 1. The number of ether oxygens (including phenoxy) is 1. The Morgan fingerprint density at radius 3 is 2.60 bits per heavy atom. The molecule has 1 unspecified atom stereocenters. The van der Waals surface area contributed by atoms with Gasteiger partial charge in [-0.1, -0.05) is 17.7 Å². The molecule has 1 aliphatic rings. The van der Waals surface area contributed by atoms with Crippen LogP contribution in [0.15, 0.2) is 59.2 Å². The molecule has 186 valence electrons. The number of anilines is 1. The monoisotopic (exact) mass is 479 g/mol. The number of piperazine rings is 1. The molecule has 1 atom stereocenters. The molecule has 1 aromatic carbocycles. The van der Waals surface area contributed by atoms with Gasteiger partial charge in [-0.2, -0.15) is 0 Å². The molecule has 3 heterocycles. The molecular weight excluding hydrogens is 445 g/mol. The first kappa shape index (κ1) is 25.0. The van der Waals surface area contributed by atoms with E-state index in [9.17, 15) is 4.39 Å². The molecule has 2 aromatic heterocycles. The second-order valence-corrected chi connectivity index (χ2v) is 9.06. The van der Waals surface area contributed by atoms with Gasteiger partial charge in [0.15, 0.2) is 11.6 Å². The van der Waals surface area contributed by atoms with E-state index in [0.717, 1.165) is 49.4 Å². The lowest BCUT2D eigenvalue weighted by molar-refractivity contribution is 0.0439. The summed E-state index contributed by atoms with van der Waals surface area (Å²) in [5.41, 5.74) is 2.75. The summed E-state index contributed by atoms with van der Waals surface area (Å²) in [6.07, 6.45) is 3.30. The highest BCUT2D eigenvalue weighted by molar-refractivity contribution is 6.05. The van der Waals surface area contributed by atoms with Gasteiger partial charge < -0.3 is 15.0 Å². The van der Waals surface area contributed by atoms with Gasteiger partial charge in [0, 0.05) is 46.0 Å². The second kappa shape index (κ2) is 11.5. The van der Waals surface area contributed by atoms with E-state index in [-0.39, 0.29) is 5.82 Å². The number of amidine groups is 1. The lowest BCUT2D eigenvalue weighted by Gasteiger charge is -2.32. The molecule has 0 saturated carbocycles. The van der Waals surface area contributed by atoms with Crippen LogP contribution in [0.25, 0.3) is 5.52 Å². The zero-order chi connectivity index (χ0) is 24.8. The Hall–Kier alpha value is -3.14. The maximum absolute atomic E-state index is 13.7.